The van der Waals surface area contributed by atoms with Crippen LogP contribution in [0.3, 0.4) is 0 Å². The maximum absolute atomic E-state index is 3.58. The second kappa shape index (κ2) is 5.29. The van der Waals surface area contributed by atoms with Crippen LogP contribution in [0.4, 0.5) is 0 Å². The van der Waals surface area contributed by atoms with Gasteiger partial charge in [0.2, 0.25) is 0 Å². The fraction of sp³-hybridized carbons (Fsp3) is 0.500. The highest BCUT2D eigenvalue weighted by molar-refractivity contribution is 9.10. The number of aryl methyl sites for hydroxylation is 1. The summed E-state index contributed by atoms with van der Waals surface area (Å²) in [7, 11) is 2.17. The molecule has 0 amide bonds. The fourth-order valence-electron chi connectivity index (χ4n) is 3.26. The summed E-state index contributed by atoms with van der Waals surface area (Å²) in [6.07, 6.45) is 3.89. The van der Waals surface area contributed by atoms with Crippen molar-refractivity contribution in [3.8, 4) is 0 Å². The van der Waals surface area contributed by atoms with Gasteiger partial charge >= 0.3 is 0 Å². The van der Waals surface area contributed by atoms with Crippen LogP contribution in [0.5, 0.6) is 0 Å². The second-order valence-electron chi connectivity index (χ2n) is 5.70. The lowest BCUT2D eigenvalue weighted by molar-refractivity contribution is 0.376. The predicted molar refractivity (Wildman–Crippen MR) is 84.7 cm³/mol. The number of nitrogens with one attached hydrogen (secondary N) is 1. The van der Waals surface area contributed by atoms with E-state index in [9.17, 15) is 0 Å². The number of aromatic nitrogens is 1. The number of piperidine rings is 1. The largest absolute Gasteiger partial charge is 0.348 e. The van der Waals surface area contributed by atoms with Crippen molar-refractivity contribution in [3.63, 3.8) is 0 Å². The quantitative estimate of drug-likeness (QED) is 0.890. The van der Waals surface area contributed by atoms with E-state index < -0.39 is 0 Å². The lowest BCUT2D eigenvalue weighted by Crippen LogP contribution is -2.30. The summed E-state index contributed by atoms with van der Waals surface area (Å²) in [6, 6.07) is 6.65. The standard InChI is InChI=1S/C16H21BrN2/c1-11-15(8-12-4-3-7-18-10-12)14-6-5-13(17)9-16(14)19(11)2/h5-6,9,12,18H,3-4,7-8,10H2,1-2H3. The van der Waals surface area contributed by atoms with E-state index in [1.807, 2.05) is 0 Å². The SMILES string of the molecule is Cc1c(CC2CCCNC2)c2ccc(Br)cc2n1C. The molecule has 1 saturated heterocycles. The summed E-state index contributed by atoms with van der Waals surface area (Å²) in [5.41, 5.74) is 4.29. The Kier molecular flexibility index (Phi) is 3.68. The molecule has 3 rings (SSSR count). The minimum Gasteiger partial charge on any atom is -0.348 e. The third-order valence-corrected chi connectivity index (χ3v) is 4.97. The fourth-order valence-corrected chi connectivity index (χ4v) is 3.61. The van der Waals surface area contributed by atoms with E-state index >= 15 is 0 Å². The normalized spacial score (nSPS) is 20.1. The van der Waals surface area contributed by atoms with Crippen LogP contribution in [0.15, 0.2) is 22.7 Å². The third kappa shape index (κ3) is 2.46. The summed E-state index contributed by atoms with van der Waals surface area (Å²) in [5, 5.41) is 4.95. The Morgan fingerprint density at radius 3 is 3.00 bits per heavy atom. The highest BCUT2D eigenvalue weighted by atomic mass is 79.9. The smallest absolute Gasteiger partial charge is 0.0494 e. The molecule has 1 aromatic carbocycles. The van der Waals surface area contributed by atoms with Crippen molar-refractivity contribution >= 4 is 26.8 Å². The molecule has 1 N–H and O–H groups in total. The lowest BCUT2D eigenvalue weighted by atomic mass is 9.91. The third-order valence-electron chi connectivity index (χ3n) is 4.48. The Bertz CT molecular complexity index is 594. The van der Waals surface area contributed by atoms with Crippen LogP contribution in [0, 0.1) is 12.8 Å². The summed E-state index contributed by atoms with van der Waals surface area (Å²) >= 11 is 3.58. The van der Waals surface area contributed by atoms with Gasteiger partial charge in [0.25, 0.3) is 0 Å². The number of hydrogen-bond acceptors (Lipinski definition) is 1. The van der Waals surface area contributed by atoms with Crippen LogP contribution < -0.4 is 5.32 Å². The lowest BCUT2D eigenvalue weighted by Gasteiger charge is -2.22. The van der Waals surface area contributed by atoms with Gasteiger partial charge in [0.15, 0.2) is 0 Å². The molecule has 0 bridgehead atoms. The number of nitrogens with zero attached hydrogens (tertiary/aromatic N) is 1. The van der Waals surface area contributed by atoms with E-state index in [1.165, 1.54) is 48.9 Å². The maximum Gasteiger partial charge on any atom is 0.0494 e. The van der Waals surface area contributed by atoms with Crippen molar-refractivity contribution in [1.82, 2.24) is 9.88 Å². The van der Waals surface area contributed by atoms with E-state index in [0.29, 0.717) is 0 Å². The first-order valence-electron chi connectivity index (χ1n) is 7.11. The number of halogens is 1. The molecule has 0 radical (unpaired) electrons. The molecule has 2 aromatic rings. The van der Waals surface area contributed by atoms with Crippen LogP contribution in [0.25, 0.3) is 10.9 Å². The first-order valence-corrected chi connectivity index (χ1v) is 7.90. The minimum absolute atomic E-state index is 0.793. The molecule has 1 atom stereocenters. The predicted octanol–water partition coefficient (Wildman–Crippen LogP) is 3.79. The van der Waals surface area contributed by atoms with Gasteiger partial charge in [0, 0.05) is 28.1 Å². The van der Waals surface area contributed by atoms with Gasteiger partial charge in [-0.2, -0.15) is 0 Å². The molecular formula is C16H21BrN2. The van der Waals surface area contributed by atoms with Gasteiger partial charge in [-0.05, 0) is 62.9 Å². The number of rotatable bonds is 2. The van der Waals surface area contributed by atoms with Crippen LogP contribution in [-0.2, 0) is 13.5 Å². The van der Waals surface area contributed by atoms with Crippen LogP contribution in [0.2, 0.25) is 0 Å². The Balaban J connectivity index is 2.00. The van der Waals surface area contributed by atoms with Crippen LogP contribution in [-0.4, -0.2) is 17.7 Å². The molecule has 1 fully saturated rings. The number of fused-ring (bicyclic) bond motifs is 1. The Labute approximate surface area is 123 Å². The molecule has 0 saturated carbocycles. The summed E-state index contributed by atoms with van der Waals surface area (Å²) in [5.74, 6) is 0.793. The summed E-state index contributed by atoms with van der Waals surface area (Å²) < 4.78 is 3.48. The monoisotopic (exact) mass is 320 g/mol. The molecule has 0 spiro atoms. The molecule has 2 heterocycles. The van der Waals surface area contributed by atoms with Gasteiger partial charge in [-0.3, -0.25) is 0 Å². The molecule has 19 heavy (non-hydrogen) atoms. The summed E-state index contributed by atoms with van der Waals surface area (Å²) in [6.45, 7) is 4.61. The van der Waals surface area contributed by atoms with Crippen molar-refractivity contribution in [2.24, 2.45) is 13.0 Å². The number of hydrogen-bond donors (Lipinski definition) is 1. The van der Waals surface area contributed by atoms with Crippen molar-refractivity contribution in [3.05, 3.63) is 33.9 Å². The first-order chi connectivity index (χ1) is 9.16. The first kappa shape index (κ1) is 13.2. The molecular weight excluding hydrogens is 300 g/mol. The van der Waals surface area contributed by atoms with Crippen molar-refractivity contribution < 1.29 is 0 Å². The zero-order chi connectivity index (χ0) is 13.4. The Hall–Kier alpha value is -0.800. The van der Waals surface area contributed by atoms with Gasteiger partial charge < -0.3 is 9.88 Å². The van der Waals surface area contributed by atoms with Gasteiger partial charge in [-0.15, -0.1) is 0 Å². The Morgan fingerprint density at radius 1 is 1.42 bits per heavy atom. The van der Waals surface area contributed by atoms with E-state index in [0.717, 1.165) is 10.4 Å². The zero-order valence-corrected chi connectivity index (χ0v) is 13.3. The number of benzene rings is 1. The highest BCUT2D eigenvalue weighted by Crippen LogP contribution is 2.30. The summed E-state index contributed by atoms with van der Waals surface area (Å²) in [4.78, 5) is 0. The minimum atomic E-state index is 0.793. The molecule has 1 aromatic heterocycles. The Morgan fingerprint density at radius 2 is 2.26 bits per heavy atom. The molecule has 2 nitrogen and oxygen atoms in total. The molecule has 1 aliphatic heterocycles. The van der Waals surface area contributed by atoms with E-state index in [1.54, 1.807) is 5.56 Å². The van der Waals surface area contributed by atoms with Gasteiger partial charge in [-0.25, -0.2) is 0 Å². The maximum atomic E-state index is 3.58. The molecule has 1 aliphatic rings. The van der Waals surface area contributed by atoms with E-state index in [2.05, 4.69) is 58.0 Å². The van der Waals surface area contributed by atoms with Crippen molar-refractivity contribution in [2.45, 2.75) is 26.2 Å². The molecule has 102 valence electrons. The van der Waals surface area contributed by atoms with Crippen molar-refractivity contribution in [1.29, 1.82) is 0 Å². The van der Waals surface area contributed by atoms with E-state index in [-0.39, 0.29) is 0 Å². The molecule has 0 aliphatic carbocycles. The average Bonchev–Trinajstić information content (AvgIpc) is 2.65. The molecule has 3 heteroatoms. The average molecular weight is 321 g/mol. The van der Waals surface area contributed by atoms with Gasteiger partial charge in [-0.1, -0.05) is 22.0 Å². The zero-order valence-electron chi connectivity index (χ0n) is 11.7. The van der Waals surface area contributed by atoms with Crippen molar-refractivity contribution in [2.75, 3.05) is 13.1 Å². The highest BCUT2D eigenvalue weighted by Gasteiger charge is 2.18. The van der Waals surface area contributed by atoms with E-state index in [4.69, 9.17) is 0 Å². The van der Waals surface area contributed by atoms with Gasteiger partial charge in [0.05, 0.1) is 0 Å². The van der Waals surface area contributed by atoms with Crippen LogP contribution >= 0.6 is 15.9 Å². The van der Waals surface area contributed by atoms with Gasteiger partial charge in [0.1, 0.15) is 0 Å². The topological polar surface area (TPSA) is 17.0 Å². The van der Waals surface area contributed by atoms with Crippen LogP contribution in [0.1, 0.15) is 24.1 Å². The molecule has 1 unspecified atom stereocenters. The second-order valence-corrected chi connectivity index (χ2v) is 6.62.